The number of carbonyl (C=O) groups is 1. The molecule has 0 spiro atoms. The fourth-order valence-electron chi connectivity index (χ4n) is 2.69. The molecule has 3 atom stereocenters. The molecule has 1 aromatic rings. The van der Waals surface area contributed by atoms with Crippen molar-refractivity contribution in [2.24, 2.45) is 5.92 Å². The Bertz CT molecular complexity index is 450. The minimum absolute atomic E-state index is 0.0483. The van der Waals surface area contributed by atoms with Crippen LogP contribution in [0.3, 0.4) is 0 Å². The summed E-state index contributed by atoms with van der Waals surface area (Å²) in [6, 6.07) is 10.4. The van der Waals surface area contributed by atoms with Gasteiger partial charge in [-0.15, -0.1) is 0 Å². The second kappa shape index (κ2) is 8.91. The smallest absolute Gasteiger partial charge is 0.267 e. The minimum Gasteiger partial charge on any atom is -0.390 e. The quantitative estimate of drug-likeness (QED) is 0.544. The Kier molecular flexibility index (Phi) is 7.56. The van der Waals surface area contributed by atoms with Crippen LogP contribution in [0.4, 0.5) is 0 Å². The van der Waals surface area contributed by atoms with Gasteiger partial charge < -0.3 is 5.11 Å². The number of benzene rings is 1. The van der Waals surface area contributed by atoms with Gasteiger partial charge in [-0.2, -0.15) is 0 Å². The van der Waals surface area contributed by atoms with Crippen molar-refractivity contribution in [3.63, 3.8) is 0 Å². The third kappa shape index (κ3) is 5.43. The van der Waals surface area contributed by atoms with E-state index in [0.29, 0.717) is 17.1 Å². The lowest BCUT2D eigenvalue weighted by Gasteiger charge is -2.33. The van der Waals surface area contributed by atoms with E-state index >= 15 is 0 Å². The molecule has 4 nitrogen and oxygen atoms in total. The summed E-state index contributed by atoms with van der Waals surface area (Å²) in [5.41, 5.74) is 4.36. The van der Waals surface area contributed by atoms with E-state index in [9.17, 15) is 4.79 Å². The summed E-state index contributed by atoms with van der Waals surface area (Å²) in [4.78, 5) is 12.5. The molecule has 0 radical (unpaired) electrons. The zero-order valence-electron chi connectivity index (χ0n) is 14.4. The fraction of sp³-hybridized carbons (Fsp3) is 0.611. The van der Waals surface area contributed by atoms with E-state index < -0.39 is 0 Å². The van der Waals surface area contributed by atoms with Gasteiger partial charge in [-0.05, 0) is 31.2 Å². The van der Waals surface area contributed by atoms with Gasteiger partial charge in [-0.25, -0.2) is 10.0 Å². The number of nitrogens with zero attached hydrogens (tertiary/aromatic N) is 1. The first-order chi connectivity index (χ1) is 10.5. The SMILES string of the molecule is CCC(CC(C)C(=O)N[N@+](C)(CC)CCO)c1ccccc1. The molecule has 2 unspecified atom stereocenters. The highest BCUT2D eigenvalue weighted by Gasteiger charge is 2.26. The number of hydrogen-bond donors (Lipinski definition) is 2. The van der Waals surface area contributed by atoms with Gasteiger partial charge in [0.15, 0.2) is 0 Å². The zero-order valence-corrected chi connectivity index (χ0v) is 14.4. The van der Waals surface area contributed by atoms with Gasteiger partial charge in [0, 0.05) is 5.92 Å². The lowest BCUT2D eigenvalue weighted by molar-refractivity contribution is -0.942. The van der Waals surface area contributed by atoms with E-state index in [2.05, 4.69) is 36.6 Å². The highest BCUT2D eigenvalue weighted by molar-refractivity contribution is 5.77. The first kappa shape index (κ1) is 18.7. The maximum absolute atomic E-state index is 12.5. The first-order valence-corrected chi connectivity index (χ1v) is 8.28. The van der Waals surface area contributed by atoms with Gasteiger partial charge in [0.25, 0.3) is 5.91 Å². The molecule has 4 heteroatoms. The number of amides is 1. The van der Waals surface area contributed by atoms with E-state index in [1.165, 1.54) is 5.56 Å². The van der Waals surface area contributed by atoms with Gasteiger partial charge in [0.05, 0.1) is 20.2 Å². The molecule has 0 saturated heterocycles. The molecule has 1 amide bonds. The van der Waals surface area contributed by atoms with Crippen molar-refractivity contribution >= 4 is 5.91 Å². The molecule has 0 saturated carbocycles. The topological polar surface area (TPSA) is 49.3 Å². The van der Waals surface area contributed by atoms with Crippen LogP contribution in [0.5, 0.6) is 0 Å². The number of likely N-dealkylation sites (N-methyl/N-ethyl adjacent to an activating group) is 1. The van der Waals surface area contributed by atoms with Crippen molar-refractivity contribution in [1.29, 1.82) is 0 Å². The maximum Gasteiger partial charge on any atom is 0.267 e. The molecule has 0 fully saturated rings. The van der Waals surface area contributed by atoms with E-state index in [-0.39, 0.29) is 18.4 Å². The molecule has 22 heavy (non-hydrogen) atoms. The van der Waals surface area contributed by atoms with E-state index in [0.717, 1.165) is 19.4 Å². The average molecular weight is 307 g/mol. The Morgan fingerprint density at radius 2 is 1.91 bits per heavy atom. The molecular weight excluding hydrogens is 276 g/mol. The number of rotatable bonds is 9. The Hall–Kier alpha value is -1.39. The van der Waals surface area contributed by atoms with E-state index in [1.54, 1.807) is 0 Å². The number of nitrogens with one attached hydrogen (secondary N) is 1. The molecule has 2 N–H and O–H groups in total. The summed E-state index contributed by atoms with van der Waals surface area (Å²) in [7, 11) is 1.94. The molecule has 0 bridgehead atoms. The lowest BCUT2D eigenvalue weighted by Crippen LogP contribution is -2.59. The van der Waals surface area contributed by atoms with E-state index in [4.69, 9.17) is 5.11 Å². The van der Waals surface area contributed by atoms with Crippen molar-refractivity contribution in [3.05, 3.63) is 35.9 Å². The molecule has 124 valence electrons. The summed E-state index contributed by atoms with van der Waals surface area (Å²) < 4.78 is 0.377. The summed E-state index contributed by atoms with van der Waals surface area (Å²) in [5.74, 6) is 0.417. The van der Waals surface area contributed by atoms with Gasteiger partial charge in [0.2, 0.25) is 0 Å². The molecule has 0 heterocycles. The Morgan fingerprint density at radius 3 is 2.41 bits per heavy atom. The van der Waals surface area contributed by atoms with Crippen molar-refractivity contribution in [1.82, 2.24) is 5.43 Å². The minimum atomic E-state index is -0.0483. The second-order valence-corrected chi connectivity index (χ2v) is 6.29. The van der Waals surface area contributed by atoms with Gasteiger partial charge in [0.1, 0.15) is 6.54 Å². The number of hydrogen-bond acceptors (Lipinski definition) is 2. The predicted molar refractivity (Wildman–Crippen MR) is 90.1 cm³/mol. The van der Waals surface area contributed by atoms with E-state index in [1.807, 2.05) is 27.0 Å². The fourth-order valence-corrected chi connectivity index (χ4v) is 2.69. The van der Waals surface area contributed by atoms with Crippen LogP contribution in [0, 0.1) is 5.92 Å². The van der Waals surface area contributed by atoms with Crippen molar-refractivity contribution in [2.75, 3.05) is 26.7 Å². The van der Waals surface area contributed by atoms with Gasteiger partial charge in [-0.3, -0.25) is 4.79 Å². The Morgan fingerprint density at radius 1 is 1.27 bits per heavy atom. The zero-order chi connectivity index (χ0) is 16.6. The number of aliphatic hydroxyl groups excluding tert-OH is 1. The molecule has 0 aromatic heterocycles. The molecule has 0 aliphatic heterocycles. The molecule has 0 aliphatic carbocycles. The van der Waals surface area contributed by atoms with Crippen LogP contribution in [0.2, 0.25) is 0 Å². The summed E-state index contributed by atoms with van der Waals surface area (Å²) in [5, 5.41) is 9.15. The largest absolute Gasteiger partial charge is 0.390 e. The number of aliphatic hydroxyl groups is 1. The number of carbonyl (C=O) groups excluding carboxylic acids is 1. The van der Waals surface area contributed by atoms with Crippen LogP contribution in [0.1, 0.15) is 45.1 Å². The second-order valence-electron chi connectivity index (χ2n) is 6.29. The standard InChI is InChI=1S/C18H30N2O2/c1-5-16(17-10-8-7-9-11-17)14-15(3)18(22)19-20(4,6-2)12-13-21/h7-11,15-16,21H,5-6,12-14H2,1-4H3/p+1/t15?,16?,20-/m1/s1. The molecule has 0 aliphatic rings. The normalized spacial score (nSPS) is 16.6. The highest BCUT2D eigenvalue weighted by atomic mass is 16.3. The van der Waals surface area contributed by atoms with Gasteiger partial charge >= 0.3 is 0 Å². The number of quaternary nitrogens is 1. The van der Waals surface area contributed by atoms with Crippen molar-refractivity contribution < 1.29 is 14.5 Å². The van der Waals surface area contributed by atoms with Crippen molar-refractivity contribution in [2.45, 2.75) is 39.5 Å². The van der Waals surface area contributed by atoms with Crippen LogP contribution in [-0.2, 0) is 4.79 Å². The van der Waals surface area contributed by atoms with Crippen molar-refractivity contribution in [3.8, 4) is 0 Å². The summed E-state index contributed by atoms with van der Waals surface area (Å²) in [6.07, 6.45) is 1.87. The Balaban J connectivity index is 2.66. The average Bonchev–Trinajstić information content (AvgIpc) is 2.53. The predicted octanol–water partition coefficient (Wildman–Crippen LogP) is 2.70. The third-order valence-electron chi connectivity index (χ3n) is 4.52. The summed E-state index contributed by atoms with van der Waals surface area (Å²) >= 11 is 0. The molecule has 1 rings (SSSR count). The first-order valence-electron chi connectivity index (χ1n) is 8.28. The highest BCUT2D eigenvalue weighted by Crippen LogP contribution is 2.27. The third-order valence-corrected chi connectivity index (χ3v) is 4.52. The van der Waals surface area contributed by atoms with Crippen LogP contribution in [-0.4, -0.2) is 42.3 Å². The molecular formula is C18H31N2O2+. The van der Waals surface area contributed by atoms with Crippen LogP contribution in [0.25, 0.3) is 0 Å². The van der Waals surface area contributed by atoms with Crippen LogP contribution >= 0.6 is 0 Å². The summed E-state index contributed by atoms with van der Waals surface area (Å²) in [6.45, 7) is 7.53. The van der Waals surface area contributed by atoms with Crippen LogP contribution in [0.15, 0.2) is 30.3 Å². The van der Waals surface area contributed by atoms with Crippen LogP contribution < -0.4 is 5.43 Å². The molecule has 1 aromatic carbocycles. The lowest BCUT2D eigenvalue weighted by atomic mass is 9.87. The monoisotopic (exact) mass is 307 g/mol. The van der Waals surface area contributed by atoms with Gasteiger partial charge in [-0.1, -0.05) is 44.2 Å². The maximum atomic E-state index is 12.5. The Labute approximate surface area is 134 Å².